The molecule has 22 heavy (non-hydrogen) atoms. The molecule has 0 aromatic heterocycles. The van der Waals surface area contributed by atoms with E-state index in [9.17, 15) is 4.79 Å². The molecular weight excluding hydrogens is 347 g/mol. The lowest BCUT2D eigenvalue weighted by atomic mass is 10.2. The van der Waals surface area contributed by atoms with Crippen LogP contribution in [0.25, 0.3) is 0 Å². The minimum Gasteiger partial charge on any atom is -0.482 e. The summed E-state index contributed by atoms with van der Waals surface area (Å²) in [7, 11) is 0. The van der Waals surface area contributed by atoms with Crippen LogP contribution >= 0.6 is 34.8 Å². The van der Waals surface area contributed by atoms with Gasteiger partial charge in [-0.15, -0.1) is 0 Å². The maximum absolute atomic E-state index is 11.6. The largest absolute Gasteiger partial charge is 0.482 e. The third-order valence-electron chi connectivity index (χ3n) is 2.57. The summed E-state index contributed by atoms with van der Waals surface area (Å²) in [5.74, 6) is -0.0984. The number of halogens is 3. The Labute approximate surface area is 142 Å². The van der Waals surface area contributed by atoms with Crippen LogP contribution in [0.3, 0.4) is 0 Å². The SMILES string of the molecule is O=C(COc1cccc(Cl)c1Cl)N/N=C/c1ccccc1Cl. The topological polar surface area (TPSA) is 50.7 Å². The number of nitrogens with one attached hydrogen (secondary N) is 1. The van der Waals surface area contributed by atoms with Gasteiger partial charge in [-0.2, -0.15) is 5.10 Å². The van der Waals surface area contributed by atoms with Gasteiger partial charge in [0, 0.05) is 10.6 Å². The molecule has 1 amide bonds. The molecule has 2 aromatic carbocycles. The third kappa shape index (κ3) is 4.63. The van der Waals surface area contributed by atoms with Crippen molar-refractivity contribution in [3.63, 3.8) is 0 Å². The Morgan fingerprint density at radius 2 is 1.82 bits per heavy atom. The van der Waals surface area contributed by atoms with Crippen LogP contribution < -0.4 is 10.2 Å². The lowest BCUT2D eigenvalue weighted by Gasteiger charge is -2.07. The Bertz CT molecular complexity index is 705. The van der Waals surface area contributed by atoms with Crippen LogP contribution in [-0.2, 0) is 4.79 Å². The lowest BCUT2D eigenvalue weighted by Crippen LogP contribution is -2.24. The Kier molecular flexibility index (Phi) is 6.07. The maximum atomic E-state index is 11.6. The molecule has 0 fully saturated rings. The van der Waals surface area contributed by atoms with Crippen molar-refractivity contribution in [1.82, 2.24) is 5.43 Å². The molecule has 0 unspecified atom stereocenters. The molecular formula is C15H11Cl3N2O2. The number of hydrogen-bond acceptors (Lipinski definition) is 3. The normalized spacial score (nSPS) is 10.7. The summed E-state index contributed by atoms with van der Waals surface area (Å²) in [5.41, 5.74) is 3.03. The first-order valence-electron chi connectivity index (χ1n) is 6.21. The highest BCUT2D eigenvalue weighted by atomic mass is 35.5. The zero-order valence-electron chi connectivity index (χ0n) is 11.2. The summed E-state index contributed by atoms with van der Waals surface area (Å²) in [6, 6.07) is 12.1. The molecule has 2 rings (SSSR count). The van der Waals surface area contributed by atoms with E-state index >= 15 is 0 Å². The van der Waals surface area contributed by atoms with Crippen molar-refractivity contribution in [3.8, 4) is 5.75 Å². The molecule has 0 bridgehead atoms. The molecule has 7 heteroatoms. The highest BCUT2D eigenvalue weighted by molar-refractivity contribution is 6.42. The lowest BCUT2D eigenvalue weighted by molar-refractivity contribution is -0.123. The standard InChI is InChI=1S/C15H11Cl3N2O2/c16-11-5-2-1-4-10(11)8-19-20-14(21)9-22-13-7-3-6-12(17)15(13)18/h1-8H,9H2,(H,20,21)/b19-8+. The van der Waals surface area contributed by atoms with Gasteiger partial charge in [0.25, 0.3) is 5.91 Å². The Balaban J connectivity index is 1.86. The zero-order chi connectivity index (χ0) is 15.9. The van der Waals surface area contributed by atoms with E-state index in [0.29, 0.717) is 21.4 Å². The summed E-state index contributed by atoms with van der Waals surface area (Å²) in [6.45, 7) is -0.236. The van der Waals surface area contributed by atoms with E-state index in [0.717, 1.165) is 0 Å². The predicted octanol–water partition coefficient (Wildman–Crippen LogP) is 4.18. The van der Waals surface area contributed by atoms with Gasteiger partial charge in [0.1, 0.15) is 10.8 Å². The quantitative estimate of drug-likeness (QED) is 0.645. The van der Waals surface area contributed by atoms with Gasteiger partial charge >= 0.3 is 0 Å². The van der Waals surface area contributed by atoms with Gasteiger partial charge in [-0.3, -0.25) is 4.79 Å². The summed E-state index contributed by atoms with van der Waals surface area (Å²) >= 11 is 17.7. The highest BCUT2D eigenvalue weighted by Crippen LogP contribution is 2.31. The van der Waals surface area contributed by atoms with Crippen molar-refractivity contribution in [2.45, 2.75) is 0 Å². The smallest absolute Gasteiger partial charge is 0.277 e. The zero-order valence-corrected chi connectivity index (χ0v) is 13.5. The number of carbonyl (C=O) groups excluding carboxylic acids is 1. The van der Waals surface area contributed by atoms with Gasteiger partial charge in [0.2, 0.25) is 0 Å². The fourth-order valence-electron chi connectivity index (χ4n) is 1.52. The Morgan fingerprint density at radius 3 is 2.59 bits per heavy atom. The number of nitrogens with zero attached hydrogens (tertiary/aromatic N) is 1. The fraction of sp³-hybridized carbons (Fsp3) is 0.0667. The predicted molar refractivity (Wildman–Crippen MR) is 89.1 cm³/mol. The molecule has 0 heterocycles. The van der Waals surface area contributed by atoms with E-state index in [2.05, 4.69) is 10.5 Å². The van der Waals surface area contributed by atoms with E-state index in [1.165, 1.54) is 6.21 Å². The van der Waals surface area contributed by atoms with Crippen LogP contribution in [0.4, 0.5) is 0 Å². The minimum atomic E-state index is -0.431. The van der Waals surface area contributed by atoms with Crippen molar-refractivity contribution in [2.75, 3.05) is 6.61 Å². The van der Waals surface area contributed by atoms with E-state index in [1.807, 2.05) is 6.07 Å². The van der Waals surface area contributed by atoms with Crippen LogP contribution in [0.15, 0.2) is 47.6 Å². The van der Waals surface area contributed by atoms with Crippen molar-refractivity contribution in [2.24, 2.45) is 5.10 Å². The Hall–Kier alpha value is -1.75. The third-order valence-corrected chi connectivity index (χ3v) is 3.72. The summed E-state index contributed by atoms with van der Waals surface area (Å²) < 4.78 is 5.28. The first-order chi connectivity index (χ1) is 10.6. The van der Waals surface area contributed by atoms with E-state index in [4.69, 9.17) is 39.5 Å². The molecule has 0 aliphatic rings. The summed E-state index contributed by atoms with van der Waals surface area (Å²) in [4.78, 5) is 11.6. The highest BCUT2D eigenvalue weighted by Gasteiger charge is 2.07. The molecule has 4 nitrogen and oxygen atoms in total. The van der Waals surface area contributed by atoms with Gasteiger partial charge in [0.15, 0.2) is 6.61 Å². The average molecular weight is 358 g/mol. The molecule has 1 N–H and O–H groups in total. The molecule has 0 radical (unpaired) electrons. The fourth-order valence-corrected chi connectivity index (χ4v) is 2.06. The molecule has 0 aliphatic heterocycles. The second kappa shape index (κ2) is 8.03. The number of hydrazone groups is 1. The van der Waals surface area contributed by atoms with Gasteiger partial charge in [-0.05, 0) is 18.2 Å². The van der Waals surface area contributed by atoms with E-state index in [-0.39, 0.29) is 11.6 Å². The van der Waals surface area contributed by atoms with Gasteiger partial charge in [-0.1, -0.05) is 59.1 Å². The summed E-state index contributed by atoms with van der Waals surface area (Å²) in [5, 5.41) is 4.97. The average Bonchev–Trinajstić information content (AvgIpc) is 2.51. The molecule has 0 aliphatic carbocycles. The molecule has 114 valence electrons. The van der Waals surface area contributed by atoms with Crippen molar-refractivity contribution >= 4 is 46.9 Å². The van der Waals surface area contributed by atoms with Gasteiger partial charge in [0.05, 0.1) is 11.2 Å². The van der Waals surface area contributed by atoms with Crippen molar-refractivity contribution < 1.29 is 9.53 Å². The number of amides is 1. The number of ether oxygens (including phenoxy) is 1. The van der Waals surface area contributed by atoms with Crippen LogP contribution in [0.2, 0.25) is 15.1 Å². The first-order valence-corrected chi connectivity index (χ1v) is 7.34. The molecule has 2 aromatic rings. The molecule has 0 saturated carbocycles. The maximum Gasteiger partial charge on any atom is 0.277 e. The number of benzene rings is 2. The van der Waals surface area contributed by atoms with Crippen molar-refractivity contribution in [1.29, 1.82) is 0 Å². The molecule has 0 saturated heterocycles. The second-order valence-electron chi connectivity index (χ2n) is 4.16. The van der Waals surface area contributed by atoms with Crippen LogP contribution in [0.1, 0.15) is 5.56 Å². The van der Waals surface area contributed by atoms with Crippen LogP contribution in [-0.4, -0.2) is 18.7 Å². The molecule has 0 spiro atoms. The monoisotopic (exact) mass is 356 g/mol. The number of rotatable bonds is 5. The first kappa shape index (κ1) is 16.6. The van der Waals surface area contributed by atoms with Gasteiger partial charge < -0.3 is 4.74 Å². The number of carbonyl (C=O) groups is 1. The van der Waals surface area contributed by atoms with E-state index < -0.39 is 5.91 Å². The van der Waals surface area contributed by atoms with Crippen LogP contribution in [0, 0.1) is 0 Å². The van der Waals surface area contributed by atoms with Crippen molar-refractivity contribution in [3.05, 3.63) is 63.1 Å². The van der Waals surface area contributed by atoms with Gasteiger partial charge in [-0.25, -0.2) is 5.43 Å². The van der Waals surface area contributed by atoms with Crippen LogP contribution in [0.5, 0.6) is 5.75 Å². The number of hydrogen-bond donors (Lipinski definition) is 1. The second-order valence-corrected chi connectivity index (χ2v) is 5.35. The van der Waals surface area contributed by atoms with E-state index in [1.54, 1.807) is 36.4 Å². The molecule has 0 atom stereocenters. The summed E-state index contributed by atoms with van der Waals surface area (Å²) in [6.07, 6.45) is 1.45. The Morgan fingerprint density at radius 1 is 1.09 bits per heavy atom. The minimum absolute atomic E-state index is 0.236.